The number of amides is 2. The zero-order valence-electron chi connectivity index (χ0n) is 11.4. The van der Waals surface area contributed by atoms with Crippen molar-refractivity contribution >= 4 is 22.0 Å². The molecule has 0 aliphatic rings. The molecule has 0 saturated carbocycles. The van der Waals surface area contributed by atoms with Crippen LogP contribution in [0.25, 0.3) is 0 Å². The molecule has 2 N–H and O–H groups in total. The standard InChI is InChI=1S/C16H16BrFN2O/c17-14-6-3-4-12(10-14)8-9-19-16(21)20-11-13-5-1-2-7-15(13)18/h1-7,10H,8-9,11H2,(H2,19,20,21). The Bertz CT molecular complexity index is 619. The van der Waals surface area contributed by atoms with E-state index in [-0.39, 0.29) is 18.4 Å². The zero-order chi connectivity index (χ0) is 15.1. The van der Waals surface area contributed by atoms with Gasteiger partial charge < -0.3 is 10.6 Å². The van der Waals surface area contributed by atoms with E-state index in [1.807, 2.05) is 24.3 Å². The van der Waals surface area contributed by atoms with E-state index in [4.69, 9.17) is 0 Å². The van der Waals surface area contributed by atoms with Gasteiger partial charge in [0.15, 0.2) is 0 Å². The summed E-state index contributed by atoms with van der Waals surface area (Å²) < 4.78 is 14.4. The number of benzene rings is 2. The van der Waals surface area contributed by atoms with Gasteiger partial charge in [0.2, 0.25) is 0 Å². The van der Waals surface area contributed by atoms with E-state index < -0.39 is 0 Å². The third-order valence-corrected chi connectivity index (χ3v) is 3.48. The van der Waals surface area contributed by atoms with E-state index in [0.717, 1.165) is 16.5 Å². The number of rotatable bonds is 5. The molecule has 110 valence electrons. The molecular formula is C16H16BrFN2O. The summed E-state index contributed by atoms with van der Waals surface area (Å²) in [5, 5.41) is 5.39. The number of hydrogen-bond donors (Lipinski definition) is 2. The van der Waals surface area contributed by atoms with Gasteiger partial charge in [0.1, 0.15) is 5.82 Å². The fraction of sp³-hybridized carbons (Fsp3) is 0.188. The second-order valence-corrected chi connectivity index (χ2v) is 5.50. The predicted molar refractivity (Wildman–Crippen MR) is 84.5 cm³/mol. The third kappa shape index (κ3) is 5.19. The molecule has 0 atom stereocenters. The molecule has 0 heterocycles. The van der Waals surface area contributed by atoms with Crippen molar-refractivity contribution in [2.24, 2.45) is 0 Å². The Kier molecular flexibility index (Phi) is 5.75. The second-order valence-electron chi connectivity index (χ2n) is 4.58. The Hall–Kier alpha value is -1.88. The van der Waals surface area contributed by atoms with Gasteiger partial charge in [0.05, 0.1) is 0 Å². The van der Waals surface area contributed by atoms with Crippen LogP contribution in [0.3, 0.4) is 0 Å². The van der Waals surface area contributed by atoms with Crippen LogP contribution in [0.2, 0.25) is 0 Å². The van der Waals surface area contributed by atoms with E-state index in [1.165, 1.54) is 6.07 Å². The molecule has 0 spiro atoms. The number of carbonyl (C=O) groups excluding carboxylic acids is 1. The monoisotopic (exact) mass is 350 g/mol. The van der Waals surface area contributed by atoms with Gasteiger partial charge in [-0.05, 0) is 30.2 Å². The molecule has 0 unspecified atom stereocenters. The summed E-state index contributed by atoms with van der Waals surface area (Å²) in [5.41, 5.74) is 1.61. The molecule has 0 saturated heterocycles. The van der Waals surface area contributed by atoms with Crippen LogP contribution in [-0.4, -0.2) is 12.6 Å². The lowest BCUT2D eigenvalue weighted by Gasteiger charge is -2.08. The summed E-state index contributed by atoms with van der Waals surface area (Å²) in [6, 6.07) is 14.0. The van der Waals surface area contributed by atoms with Crippen molar-refractivity contribution in [1.29, 1.82) is 0 Å². The van der Waals surface area contributed by atoms with Crippen molar-refractivity contribution in [3.63, 3.8) is 0 Å². The van der Waals surface area contributed by atoms with Crippen molar-refractivity contribution in [2.75, 3.05) is 6.54 Å². The van der Waals surface area contributed by atoms with Gasteiger partial charge in [-0.2, -0.15) is 0 Å². The molecule has 2 aromatic rings. The maximum atomic E-state index is 13.4. The van der Waals surface area contributed by atoms with Crippen LogP contribution in [0.4, 0.5) is 9.18 Å². The van der Waals surface area contributed by atoms with Crippen LogP contribution in [0.1, 0.15) is 11.1 Å². The average molecular weight is 351 g/mol. The molecule has 3 nitrogen and oxygen atoms in total. The highest BCUT2D eigenvalue weighted by molar-refractivity contribution is 9.10. The zero-order valence-corrected chi connectivity index (χ0v) is 13.0. The van der Waals surface area contributed by atoms with Crippen LogP contribution in [0.5, 0.6) is 0 Å². The minimum absolute atomic E-state index is 0.176. The minimum Gasteiger partial charge on any atom is -0.338 e. The quantitative estimate of drug-likeness (QED) is 0.849. The summed E-state index contributed by atoms with van der Waals surface area (Å²) in [6.07, 6.45) is 0.743. The first-order valence-corrected chi connectivity index (χ1v) is 7.44. The van der Waals surface area contributed by atoms with Gasteiger partial charge in [-0.15, -0.1) is 0 Å². The Morgan fingerprint density at radius 1 is 1.10 bits per heavy atom. The molecule has 0 fully saturated rings. The van der Waals surface area contributed by atoms with Crippen LogP contribution in [0, 0.1) is 5.82 Å². The largest absolute Gasteiger partial charge is 0.338 e. The second kappa shape index (κ2) is 7.78. The van der Waals surface area contributed by atoms with E-state index >= 15 is 0 Å². The highest BCUT2D eigenvalue weighted by Gasteiger charge is 2.03. The van der Waals surface area contributed by atoms with E-state index in [1.54, 1.807) is 18.2 Å². The van der Waals surface area contributed by atoms with Crippen LogP contribution in [0.15, 0.2) is 53.0 Å². The maximum Gasteiger partial charge on any atom is 0.315 e. The molecule has 2 aromatic carbocycles. The maximum absolute atomic E-state index is 13.4. The summed E-state index contributed by atoms with van der Waals surface area (Å²) in [4.78, 5) is 11.6. The SMILES string of the molecule is O=C(NCCc1cccc(Br)c1)NCc1ccccc1F. The molecule has 0 radical (unpaired) electrons. The normalized spacial score (nSPS) is 10.2. The Morgan fingerprint density at radius 2 is 1.90 bits per heavy atom. The highest BCUT2D eigenvalue weighted by Crippen LogP contribution is 2.11. The summed E-state index contributed by atoms with van der Waals surface area (Å²) in [6.45, 7) is 0.703. The summed E-state index contributed by atoms with van der Waals surface area (Å²) in [7, 11) is 0. The van der Waals surface area contributed by atoms with Gasteiger partial charge in [0, 0.05) is 23.1 Å². The Labute approximate surface area is 131 Å². The van der Waals surface area contributed by atoms with Crippen molar-refractivity contribution in [2.45, 2.75) is 13.0 Å². The smallest absolute Gasteiger partial charge is 0.315 e. The lowest BCUT2D eigenvalue weighted by Crippen LogP contribution is -2.36. The number of carbonyl (C=O) groups is 1. The van der Waals surface area contributed by atoms with Crippen molar-refractivity contribution in [3.05, 3.63) is 69.9 Å². The van der Waals surface area contributed by atoms with Crippen LogP contribution in [-0.2, 0) is 13.0 Å². The van der Waals surface area contributed by atoms with Crippen molar-refractivity contribution < 1.29 is 9.18 Å². The van der Waals surface area contributed by atoms with Gasteiger partial charge in [-0.1, -0.05) is 46.3 Å². The molecule has 2 amide bonds. The molecule has 0 bridgehead atoms. The molecule has 0 aliphatic carbocycles. The van der Waals surface area contributed by atoms with E-state index in [0.29, 0.717) is 12.1 Å². The number of halogens is 2. The lowest BCUT2D eigenvalue weighted by molar-refractivity contribution is 0.240. The van der Waals surface area contributed by atoms with Crippen molar-refractivity contribution in [1.82, 2.24) is 10.6 Å². The summed E-state index contributed by atoms with van der Waals surface area (Å²) in [5.74, 6) is -0.313. The van der Waals surface area contributed by atoms with E-state index in [2.05, 4.69) is 26.6 Å². The Balaban J connectivity index is 1.72. The molecule has 2 rings (SSSR count). The first kappa shape index (κ1) is 15.5. The molecule has 0 aliphatic heterocycles. The fourth-order valence-corrected chi connectivity index (χ4v) is 2.34. The highest BCUT2D eigenvalue weighted by atomic mass is 79.9. The third-order valence-electron chi connectivity index (χ3n) is 2.99. The van der Waals surface area contributed by atoms with Gasteiger partial charge >= 0.3 is 6.03 Å². The predicted octanol–water partition coefficient (Wildman–Crippen LogP) is 3.63. The van der Waals surface area contributed by atoms with Gasteiger partial charge in [0.25, 0.3) is 0 Å². The number of urea groups is 1. The fourth-order valence-electron chi connectivity index (χ4n) is 1.89. The molecular weight excluding hydrogens is 335 g/mol. The average Bonchev–Trinajstić information content (AvgIpc) is 2.46. The van der Waals surface area contributed by atoms with Crippen LogP contribution < -0.4 is 10.6 Å². The Morgan fingerprint density at radius 3 is 2.67 bits per heavy atom. The molecule has 0 aromatic heterocycles. The van der Waals surface area contributed by atoms with Crippen LogP contribution >= 0.6 is 15.9 Å². The van der Waals surface area contributed by atoms with Gasteiger partial charge in [-0.25, -0.2) is 9.18 Å². The first-order chi connectivity index (χ1) is 10.1. The minimum atomic E-state index is -0.313. The van der Waals surface area contributed by atoms with Crippen molar-refractivity contribution in [3.8, 4) is 0 Å². The molecule has 5 heteroatoms. The topological polar surface area (TPSA) is 41.1 Å². The molecule has 21 heavy (non-hydrogen) atoms. The number of nitrogens with one attached hydrogen (secondary N) is 2. The summed E-state index contributed by atoms with van der Waals surface area (Å²) >= 11 is 3.41. The first-order valence-electron chi connectivity index (χ1n) is 6.65. The van der Waals surface area contributed by atoms with E-state index in [9.17, 15) is 9.18 Å². The lowest BCUT2D eigenvalue weighted by atomic mass is 10.1. The van der Waals surface area contributed by atoms with Gasteiger partial charge in [-0.3, -0.25) is 0 Å². The number of hydrogen-bond acceptors (Lipinski definition) is 1.